The summed E-state index contributed by atoms with van der Waals surface area (Å²) in [5, 5.41) is 2.51. The Morgan fingerprint density at radius 1 is 0.413 bits per heavy atom. The molecule has 0 spiro atoms. The lowest BCUT2D eigenvalue weighted by Crippen LogP contribution is -2.36. The fourth-order valence-corrected chi connectivity index (χ4v) is 10.8. The lowest BCUT2D eigenvalue weighted by molar-refractivity contribution is 0.473. The van der Waals surface area contributed by atoms with Crippen LogP contribution in [0.15, 0.2) is 254 Å². The van der Waals surface area contributed by atoms with Crippen LogP contribution in [0.4, 0.5) is 11.4 Å². The average Bonchev–Trinajstić information content (AvgIpc) is 3.86. The molecule has 0 N–H and O–H groups in total. The molecule has 12 rings (SSSR count). The zero-order valence-corrected chi connectivity index (χ0v) is 34.9. The van der Waals surface area contributed by atoms with Crippen molar-refractivity contribution in [2.75, 3.05) is 4.90 Å². The Balaban J connectivity index is 0.981. The Morgan fingerprint density at radius 2 is 0.921 bits per heavy atom. The van der Waals surface area contributed by atoms with E-state index < -0.39 is 0 Å². The minimum absolute atomic E-state index is 0.176. The second-order valence-electron chi connectivity index (χ2n) is 16.8. The van der Waals surface area contributed by atoms with E-state index in [1.807, 2.05) is 0 Å². The van der Waals surface area contributed by atoms with Gasteiger partial charge in [-0.15, -0.1) is 0 Å². The first-order chi connectivity index (χ1) is 31.3. The minimum Gasteiger partial charge on any atom is -0.314 e. The molecule has 10 aromatic rings. The molecular weight excluding hydrogens is 761 g/mol. The van der Waals surface area contributed by atoms with Crippen LogP contribution in [-0.2, 0) is 5.41 Å². The summed E-state index contributed by atoms with van der Waals surface area (Å²) in [6.45, 7) is 0. The molecule has 1 unspecified atom stereocenters. The van der Waals surface area contributed by atoms with E-state index in [9.17, 15) is 0 Å². The van der Waals surface area contributed by atoms with Gasteiger partial charge < -0.3 is 9.47 Å². The molecule has 1 atom stereocenters. The van der Waals surface area contributed by atoms with Crippen molar-refractivity contribution in [3.63, 3.8) is 0 Å². The van der Waals surface area contributed by atoms with Crippen molar-refractivity contribution in [1.82, 2.24) is 4.57 Å². The van der Waals surface area contributed by atoms with Crippen LogP contribution in [0, 0.1) is 5.92 Å². The van der Waals surface area contributed by atoms with E-state index in [1.54, 1.807) is 0 Å². The molecule has 2 aliphatic rings. The summed E-state index contributed by atoms with van der Waals surface area (Å²) in [4.78, 5) is 2.49. The Hall–Kier alpha value is -7.94. The molecule has 0 aliphatic heterocycles. The largest absolute Gasteiger partial charge is 0.314 e. The van der Waals surface area contributed by atoms with Crippen LogP contribution in [0.2, 0.25) is 0 Å². The first-order valence-electron chi connectivity index (χ1n) is 22.0. The standard InChI is InChI=1S/C61H44N2/c1-5-17-43(18-6-1)44-29-34-50(35-30-44)62(51-36-31-45(32-37-51)46-33-40-60-56(41-46)55-26-14-16-28-59(55)63(60)49-23-11-4-12-24-49)52-38-39-54-53-25-13-15-27-57(53)61(58(54)42-52,47-19-7-2-8-20-47)48-21-9-3-10-22-48/h1-41,58H,42H2. The monoisotopic (exact) mass is 804 g/mol. The number of fused-ring (bicyclic) bond motifs is 6. The summed E-state index contributed by atoms with van der Waals surface area (Å²) in [6, 6.07) is 86.9. The number of para-hydroxylation sites is 2. The smallest absolute Gasteiger partial charge is 0.0541 e. The van der Waals surface area contributed by atoms with Gasteiger partial charge in [-0.25, -0.2) is 0 Å². The third kappa shape index (κ3) is 6.02. The van der Waals surface area contributed by atoms with Gasteiger partial charge in [0.2, 0.25) is 0 Å². The van der Waals surface area contributed by atoms with Crippen molar-refractivity contribution in [3.8, 4) is 27.9 Å². The predicted octanol–water partition coefficient (Wildman–Crippen LogP) is 15.6. The summed E-state index contributed by atoms with van der Waals surface area (Å²) in [7, 11) is 0. The number of aromatic nitrogens is 1. The Kier molecular flexibility index (Phi) is 8.90. The van der Waals surface area contributed by atoms with Crippen molar-refractivity contribution >= 4 is 38.8 Å². The van der Waals surface area contributed by atoms with E-state index in [1.165, 1.54) is 83.3 Å². The number of rotatable bonds is 8. The van der Waals surface area contributed by atoms with Gasteiger partial charge >= 0.3 is 0 Å². The van der Waals surface area contributed by atoms with Gasteiger partial charge in [0.25, 0.3) is 0 Å². The van der Waals surface area contributed by atoms with Crippen LogP contribution in [0.1, 0.15) is 28.7 Å². The van der Waals surface area contributed by atoms with Crippen LogP contribution >= 0.6 is 0 Å². The molecule has 0 bridgehead atoms. The number of hydrogen-bond donors (Lipinski definition) is 0. The van der Waals surface area contributed by atoms with E-state index in [0.29, 0.717) is 0 Å². The zero-order valence-electron chi connectivity index (χ0n) is 34.9. The maximum Gasteiger partial charge on any atom is 0.0541 e. The lowest BCUT2D eigenvalue weighted by Gasteiger charge is -2.41. The minimum atomic E-state index is -0.362. The van der Waals surface area contributed by atoms with E-state index >= 15 is 0 Å². The Morgan fingerprint density at radius 3 is 1.59 bits per heavy atom. The molecule has 0 fully saturated rings. The van der Waals surface area contributed by atoms with Crippen LogP contribution in [0.25, 0.3) is 55.3 Å². The highest BCUT2D eigenvalue weighted by Gasteiger charge is 2.52. The third-order valence-corrected chi connectivity index (χ3v) is 13.6. The molecule has 2 nitrogen and oxygen atoms in total. The zero-order chi connectivity index (χ0) is 41.7. The highest BCUT2D eigenvalue weighted by atomic mass is 15.1. The van der Waals surface area contributed by atoms with Gasteiger partial charge in [0.05, 0.1) is 16.4 Å². The molecular formula is C61H44N2. The summed E-state index contributed by atoms with van der Waals surface area (Å²) < 4.78 is 2.38. The van der Waals surface area contributed by atoms with Crippen molar-refractivity contribution in [2.45, 2.75) is 11.8 Å². The van der Waals surface area contributed by atoms with E-state index in [0.717, 1.165) is 17.8 Å². The number of benzene rings is 9. The number of allylic oxidation sites excluding steroid dienone is 4. The average molecular weight is 805 g/mol. The lowest BCUT2D eigenvalue weighted by atomic mass is 9.62. The van der Waals surface area contributed by atoms with Crippen molar-refractivity contribution < 1.29 is 0 Å². The Labute approximate surface area is 369 Å². The molecule has 63 heavy (non-hydrogen) atoms. The SMILES string of the molecule is C1=C2c3ccccc3C(c3ccccc3)(c3ccccc3)C2CC(N(c2ccc(-c3ccccc3)cc2)c2ccc(-c3ccc4c(c3)c3ccccc3n4-c3ccccc3)cc2)=C1. The first-order valence-corrected chi connectivity index (χ1v) is 22.0. The van der Waals surface area contributed by atoms with Crippen molar-refractivity contribution in [3.05, 3.63) is 277 Å². The summed E-state index contributed by atoms with van der Waals surface area (Å²) in [5.41, 5.74) is 18.4. The van der Waals surface area contributed by atoms with Crippen LogP contribution < -0.4 is 4.90 Å². The molecule has 1 aromatic heterocycles. The summed E-state index contributed by atoms with van der Waals surface area (Å²) >= 11 is 0. The molecule has 0 saturated heterocycles. The van der Waals surface area contributed by atoms with E-state index in [2.05, 4.69) is 258 Å². The second kappa shape index (κ2) is 15.2. The van der Waals surface area contributed by atoms with Crippen LogP contribution in [0.3, 0.4) is 0 Å². The van der Waals surface area contributed by atoms with Gasteiger partial charge in [-0.1, -0.05) is 188 Å². The molecule has 2 aliphatic carbocycles. The fourth-order valence-electron chi connectivity index (χ4n) is 10.8. The van der Waals surface area contributed by atoms with Gasteiger partial charge in [0.1, 0.15) is 0 Å². The van der Waals surface area contributed by atoms with E-state index in [4.69, 9.17) is 0 Å². The fraction of sp³-hybridized carbons (Fsp3) is 0.0492. The van der Waals surface area contributed by atoms with Gasteiger partial charge in [-0.3, -0.25) is 0 Å². The van der Waals surface area contributed by atoms with Gasteiger partial charge in [-0.05, 0) is 117 Å². The second-order valence-corrected chi connectivity index (χ2v) is 16.8. The number of hydrogen-bond acceptors (Lipinski definition) is 1. The quantitative estimate of drug-likeness (QED) is 0.149. The molecule has 0 saturated carbocycles. The van der Waals surface area contributed by atoms with Crippen LogP contribution in [-0.4, -0.2) is 4.57 Å². The molecule has 1 heterocycles. The normalized spacial score (nSPS) is 15.1. The summed E-state index contributed by atoms with van der Waals surface area (Å²) in [5.74, 6) is 0.176. The highest BCUT2D eigenvalue weighted by molar-refractivity contribution is 6.10. The van der Waals surface area contributed by atoms with Gasteiger partial charge in [-0.2, -0.15) is 0 Å². The molecule has 9 aromatic carbocycles. The Bertz CT molecular complexity index is 3290. The predicted molar refractivity (Wildman–Crippen MR) is 264 cm³/mol. The maximum atomic E-state index is 2.49. The topological polar surface area (TPSA) is 8.17 Å². The van der Waals surface area contributed by atoms with Crippen molar-refractivity contribution in [2.24, 2.45) is 5.92 Å². The molecule has 298 valence electrons. The summed E-state index contributed by atoms with van der Waals surface area (Å²) in [6.07, 6.45) is 5.65. The van der Waals surface area contributed by atoms with E-state index in [-0.39, 0.29) is 11.3 Å². The number of anilines is 2. The molecule has 2 heteroatoms. The molecule has 0 amide bonds. The van der Waals surface area contributed by atoms with Crippen LogP contribution in [0.5, 0.6) is 0 Å². The van der Waals surface area contributed by atoms with Gasteiger partial charge in [0.15, 0.2) is 0 Å². The van der Waals surface area contributed by atoms with Crippen molar-refractivity contribution in [1.29, 1.82) is 0 Å². The first kappa shape index (κ1) is 36.9. The third-order valence-electron chi connectivity index (χ3n) is 13.6. The molecule has 0 radical (unpaired) electrons. The maximum absolute atomic E-state index is 2.49. The highest BCUT2D eigenvalue weighted by Crippen LogP contribution is 2.60. The van der Waals surface area contributed by atoms with Gasteiger partial charge in [0, 0.05) is 39.4 Å². The number of nitrogens with zero attached hydrogens (tertiary/aromatic N) is 2.